The Hall–Kier alpha value is -1.72. The van der Waals surface area contributed by atoms with Crippen LogP contribution >= 0.6 is 11.6 Å². The lowest BCUT2D eigenvalue weighted by atomic mass is 10.1. The van der Waals surface area contributed by atoms with Crippen molar-refractivity contribution in [2.75, 3.05) is 0 Å². The summed E-state index contributed by atoms with van der Waals surface area (Å²) in [6.45, 7) is 4.90. The van der Waals surface area contributed by atoms with Gasteiger partial charge in [-0.3, -0.25) is 0 Å². The average molecular weight is 287 g/mol. The maximum Gasteiger partial charge on any atom is 0.105 e. The highest BCUT2D eigenvalue weighted by Gasteiger charge is 2.04. The van der Waals surface area contributed by atoms with Crippen LogP contribution in [-0.4, -0.2) is 9.55 Å². The zero-order chi connectivity index (χ0) is 14.4. The molecule has 3 heteroatoms. The molecule has 2 aromatic rings. The number of halogens is 1. The van der Waals surface area contributed by atoms with E-state index in [0.717, 1.165) is 41.4 Å². The van der Waals surface area contributed by atoms with E-state index in [1.807, 2.05) is 31.3 Å². The Balaban J connectivity index is 2.09. The normalized spacial score (nSPS) is 10.2. The summed E-state index contributed by atoms with van der Waals surface area (Å²) in [5.74, 6) is 7.33. The van der Waals surface area contributed by atoms with Crippen molar-refractivity contribution in [2.45, 2.75) is 39.7 Å². The second-order valence-electron chi connectivity index (χ2n) is 4.81. The number of nitrogens with zero attached hydrogens (tertiary/aromatic N) is 2. The topological polar surface area (TPSA) is 17.8 Å². The van der Waals surface area contributed by atoms with Crippen molar-refractivity contribution in [1.29, 1.82) is 0 Å². The maximum atomic E-state index is 6.34. The molecule has 0 spiro atoms. The van der Waals surface area contributed by atoms with Crippen molar-refractivity contribution < 1.29 is 0 Å². The summed E-state index contributed by atoms with van der Waals surface area (Å²) in [5.41, 5.74) is 2.07. The van der Waals surface area contributed by atoms with Crippen LogP contribution in [0.2, 0.25) is 5.02 Å². The molecular formula is C17H19ClN2. The predicted molar refractivity (Wildman–Crippen MR) is 83.9 cm³/mol. The molecule has 0 aliphatic heterocycles. The van der Waals surface area contributed by atoms with Gasteiger partial charge in [-0.05, 0) is 31.0 Å². The number of imidazole rings is 1. The van der Waals surface area contributed by atoms with Crippen LogP contribution in [0.4, 0.5) is 0 Å². The molecule has 1 aromatic heterocycles. The Morgan fingerprint density at radius 3 is 2.85 bits per heavy atom. The minimum Gasteiger partial charge on any atom is -0.331 e. The van der Waals surface area contributed by atoms with Crippen molar-refractivity contribution in [3.05, 3.63) is 52.6 Å². The zero-order valence-corrected chi connectivity index (χ0v) is 12.7. The van der Waals surface area contributed by atoms with Gasteiger partial charge in [-0.1, -0.05) is 42.9 Å². The van der Waals surface area contributed by atoms with Gasteiger partial charge in [0.2, 0.25) is 0 Å². The van der Waals surface area contributed by atoms with Gasteiger partial charge in [0.15, 0.2) is 0 Å². The highest BCUT2D eigenvalue weighted by atomic mass is 35.5. The first-order valence-electron chi connectivity index (χ1n) is 6.95. The molecule has 0 amide bonds. The molecule has 0 saturated heterocycles. The number of aryl methyl sites for hydroxylation is 1. The van der Waals surface area contributed by atoms with Gasteiger partial charge in [0, 0.05) is 29.4 Å². The molecule has 0 aliphatic rings. The van der Waals surface area contributed by atoms with Gasteiger partial charge in [0.05, 0.1) is 6.54 Å². The molecule has 0 aliphatic carbocycles. The van der Waals surface area contributed by atoms with E-state index >= 15 is 0 Å². The summed E-state index contributed by atoms with van der Waals surface area (Å²) in [6, 6.07) is 6.03. The molecule has 0 atom stereocenters. The van der Waals surface area contributed by atoms with Gasteiger partial charge in [-0.25, -0.2) is 4.98 Å². The monoisotopic (exact) mass is 286 g/mol. The molecule has 0 unspecified atom stereocenters. The second-order valence-corrected chi connectivity index (χ2v) is 5.22. The standard InChI is InChI=1S/C17H19ClN2/c1-3-4-5-6-7-15-8-9-16(17(18)12-15)13-20-11-10-19-14(20)2/h8-12H,3-5,13H2,1-2H3. The molecule has 2 nitrogen and oxygen atoms in total. The van der Waals surface area contributed by atoms with Crippen LogP contribution in [-0.2, 0) is 6.54 Å². The summed E-state index contributed by atoms with van der Waals surface area (Å²) in [5, 5.41) is 0.764. The van der Waals surface area contributed by atoms with Crippen molar-refractivity contribution in [1.82, 2.24) is 9.55 Å². The summed E-state index contributed by atoms with van der Waals surface area (Å²) < 4.78 is 2.08. The summed E-state index contributed by atoms with van der Waals surface area (Å²) in [4.78, 5) is 4.22. The number of rotatable bonds is 4. The number of aromatic nitrogens is 2. The third kappa shape index (κ3) is 3.88. The van der Waals surface area contributed by atoms with Crippen LogP contribution in [0, 0.1) is 18.8 Å². The second kappa shape index (κ2) is 7.17. The minimum absolute atomic E-state index is 0.744. The molecule has 1 heterocycles. The van der Waals surface area contributed by atoms with Gasteiger partial charge in [0.25, 0.3) is 0 Å². The van der Waals surface area contributed by atoms with E-state index in [1.165, 1.54) is 6.42 Å². The van der Waals surface area contributed by atoms with Gasteiger partial charge >= 0.3 is 0 Å². The number of unbranched alkanes of at least 4 members (excludes halogenated alkanes) is 2. The minimum atomic E-state index is 0.744. The van der Waals surface area contributed by atoms with E-state index in [9.17, 15) is 0 Å². The lowest BCUT2D eigenvalue weighted by molar-refractivity contribution is 0.762. The van der Waals surface area contributed by atoms with Crippen molar-refractivity contribution in [2.24, 2.45) is 0 Å². The van der Waals surface area contributed by atoms with Crippen LogP contribution in [0.1, 0.15) is 43.1 Å². The largest absolute Gasteiger partial charge is 0.331 e. The molecular weight excluding hydrogens is 268 g/mol. The Bertz CT molecular complexity index is 632. The fourth-order valence-electron chi connectivity index (χ4n) is 1.94. The number of benzene rings is 1. The first-order valence-corrected chi connectivity index (χ1v) is 7.33. The lowest BCUT2D eigenvalue weighted by Gasteiger charge is -2.07. The summed E-state index contributed by atoms with van der Waals surface area (Å²) in [7, 11) is 0. The molecule has 2 rings (SSSR count). The van der Waals surface area contributed by atoms with Crippen LogP contribution in [0.3, 0.4) is 0 Å². The van der Waals surface area contributed by atoms with Gasteiger partial charge in [0.1, 0.15) is 5.82 Å². The van der Waals surface area contributed by atoms with Crippen molar-refractivity contribution in [3.8, 4) is 11.8 Å². The quantitative estimate of drug-likeness (QED) is 0.600. The molecule has 1 aromatic carbocycles. The Labute approximate surface area is 125 Å². The number of hydrogen-bond acceptors (Lipinski definition) is 1. The van der Waals surface area contributed by atoms with Gasteiger partial charge < -0.3 is 4.57 Å². The highest BCUT2D eigenvalue weighted by molar-refractivity contribution is 6.31. The molecule has 0 bridgehead atoms. The summed E-state index contributed by atoms with van der Waals surface area (Å²) >= 11 is 6.34. The molecule has 20 heavy (non-hydrogen) atoms. The van der Waals surface area contributed by atoms with E-state index in [0.29, 0.717) is 0 Å². The average Bonchev–Trinajstić information content (AvgIpc) is 2.83. The molecule has 0 N–H and O–H groups in total. The maximum absolute atomic E-state index is 6.34. The highest BCUT2D eigenvalue weighted by Crippen LogP contribution is 2.19. The molecule has 0 fully saturated rings. The smallest absolute Gasteiger partial charge is 0.105 e. The fourth-order valence-corrected chi connectivity index (χ4v) is 2.18. The zero-order valence-electron chi connectivity index (χ0n) is 12.0. The summed E-state index contributed by atoms with van der Waals surface area (Å²) in [6.07, 6.45) is 7.04. The molecule has 0 radical (unpaired) electrons. The van der Waals surface area contributed by atoms with Crippen LogP contribution < -0.4 is 0 Å². The Kier molecular flexibility index (Phi) is 5.26. The van der Waals surface area contributed by atoms with Gasteiger partial charge in [-0.2, -0.15) is 0 Å². The predicted octanol–water partition coefficient (Wildman–Crippen LogP) is 4.43. The third-order valence-electron chi connectivity index (χ3n) is 3.21. The van der Waals surface area contributed by atoms with E-state index in [-0.39, 0.29) is 0 Å². The molecule has 104 valence electrons. The van der Waals surface area contributed by atoms with Crippen molar-refractivity contribution in [3.63, 3.8) is 0 Å². The third-order valence-corrected chi connectivity index (χ3v) is 3.56. The SMILES string of the molecule is CCCCC#Cc1ccc(Cn2ccnc2C)c(Cl)c1. The van der Waals surface area contributed by atoms with Crippen LogP contribution in [0.15, 0.2) is 30.6 Å². The number of hydrogen-bond donors (Lipinski definition) is 0. The van der Waals surface area contributed by atoms with E-state index in [4.69, 9.17) is 11.6 Å². The van der Waals surface area contributed by atoms with E-state index in [1.54, 1.807) is 6.20 Å². The van der Waals surface area contributed by atoms with Gasteiger partial charge in [-0.15, -0.1) is 0 Å². The van der Waals surface area contributed by atoms with E-state index in [2.05, 4.69) is 28.3 Å². The van der Waals surface area contributed by atoms with Crippen LogP contribution in [0.5, 0.6) is 0 Å². The first-order chi connectivity index (χ1) is 9.70. The first kappa shape index (κ1) is 14.7. The Morgan fingerprint density at radius 1 is 1.35 bits per heavy atom. The van der Waals surface area contributed by atoms with E-state index < -0.39 is 0 Å². The Morgan fingerprint density at radius 2 is 2.20 bits per heavy atom. The van der Waals surface area contributed by atoms with Crippen molar-refractivity contribution >= 4 is 11.6 Å². The molecule has 0 saturated carbocycles. The van der Waals surface area contributed by atoms with Crippen LogP contribution in [0.25, 0.3) is 0 Å². The fraction of sp³-hybridized carbons (Fsp3) is 0.353. The lowest BCUT2D eigenvalue weighted by Crippen LogP contribution is -2.01.